The van der Waals surface area contributed by atoms with Crippen LogP contribution in [0.2, 0.25) is 0 Å². The molecule has 0 N–H and O–H groups in total. The number of hydrogen-bond donors (Lipinski definition) is 0. The van der Waals surface area contributed by atoms with Gasteiger partial charge in [-0.25, -0.2) is 0 Å². The predicted octanol–water partition coefficient (Wildman–Crippen LogP) is 5.45. The standard InChI is InChI=1S/C25H27BO2/c1-23(2)21-14-17-10-8-7-9-16(17)13-20(21)19-12-11-18(15-22(19)23)26-27-24(3,4)25(5,6)28-26/h7-15H,1-6H3. The van der Waals surface area contributed by atoms with Gasteiger partial charge in [-0.2, -0.15) is 0 Å². The summed E-state index contributed by atoms with van der Waals surface area (Å²) in [5.41, 5.74) is 5.82. The summed E-state index contributed by atoms with van der Waals surface area (Å²) in [5.74, 6) is 0. The predicted molar refractivity (Wildman–Crippen MR) is 117 cm³/mol. The third kappa shape index (κ3) is 2.36. The molecule has 3 aromatic carbocycles. The van der Waals surface area contributed by atoms with Gasteiger partial charge >= 0.3 is 7.12 Å². The van der Waals surface area contributed by atoms with Crippen molar-refractivity contribution in [3.05, 3.63) is 65.7 Å². The maximum atomic E-state index is 6.30. The van der Waals surface area contributed by atoms with Gasteiger partial charge < -0.3 is 9.31 Å². The Hall–Kier alpha value is -2.10. The van der Waals surface area contributed by atoms with E-state index >= 15 is 0 Å². The van der Waals surface area contributed by atoms with E-state index in [2.05, 4.69) is 96.1 Å². The summed E-state index contributed by atoms with van der Waals surface area (Å²) >= 11 is 0. The van der Waals surface area contributed by atoms with Crippen molar-refractivity contribution in [3.8, 4) is 11.1 Å². The summed E-state index contributed by atoms with van der Waals surface area (Å²) in [6.45, 7) is 13.1. The maximum absolute atomic E-state index is 6.30. The Labute approximate surface area is 168 Å². The summed E-state index contributed by atoms with van der Waals surface area (Å²) in [7, 11) is -0.325. The Kier molecular flexibility index (Phi) is 3.52. The van der Waals surface area contributed by atoms with Gasteiger partial charge in [0, 0.05) is 5.41 Å². The third-order valence-electron chi connectivity index (χ3n) is 7.09. The molecule has 0 spiro atoms. The van der Waals surface area contributed by atoms with Crippen molar-refractivity contribution in [3.63, 3.8) is 0 Å². The molecule has 0 unspecified atom stereocenters. The fraction of sp³-hybridized carbons (Fsp3) is 0.360. The molecule has 28 heavy (non-hydrogen) atoms. The number of rotatable bonds is 1. The molecule has 0 radical (unpaired) electrons. The van der Waals surface area contributed by atoms with Gasteiger partial charge in [0.1, 0.15) is 0 Å². The van der Waals surface area contributed by atoms with Gasteiger partial charge in [0.2, 0.25) is 0 Å². The van der Waals surface area contributed by atoms with E-state index in [-0.39, 0.29) is 23.7 Å². The third-order valence-corrected chi connectivity index (χ3v) is 7.09. The first-order valence-corrected chi connectivity index (χ1v) is 10.1. The highest BCUT2D eigenvalue weighted by molar-refractivity contribution is 6.62. The first-order valence-electron chi connectivity index (χ1n) is 10.1. The van der Waals surface area contributed by atoms with E-state index < -0.39 is 0 Å². The lowest BCUT2D eigenvalue weighted by Gasteiger charge is -2.32. The highest BCUT2D eigenvalue weighted by atomic mass is 16.7. The SMILES string of the molecule is CC1(C)c2cc(B3OC(C)(C)C(C)(C)O3)ccc2-c2cc3ccccc3cc21. The van der Waals surface area contributed by atoms with Gasteiger partial charge in [0.05, 0.1) is 11.2 Å². The maximum Gasteiger partial charge on any atom is 0.494 e. The van der Waals surface area contributed by atoms with Crippen molar-refractivity contribution in [1.29, 1.82) is 0 Å². The van der Waals surface area contributed by atoms with Crippen molar-refractivity contribution in [2.75, 3.05) is 0 Å². The van der Waals surface area contributed by atoms with Gasteiger partial charge in [-0.1, -0.05) is 56.3 Å². The molecule has 0 bridgehead atoms. The minimum atomic E-state index is -0.327. The van der Waals surface area contributed by atoms with E-state index in [1.807, 2.05) is 0 Å². The van der Waals surface area contributed by atoms with Crippen LogP contribution in [-0.4, -0.2) is 18.3 Å². The van der Waals surface area contributed by atoms with Gasteiger partial charge in [-0.15, -0.1) is 0 Å². The fourth-order valence-corrected chi connectivity index (χ4v) is 4.56. The molecule has 3 heteroatoms. The molecule has 0 amide bonds. The second-order valence-electron chi connectivity index (χ2n) is 9.76. The topological polar surface area (TPSA) is 18.5 Å². The van der Waals surface area contributed by atoms with Crippen LogP contribution < -0.4 is 5.46 Å². The Balaban J connectivity index is 1.63. The Morgan fingerprint density at radius 1 is 0.643 bits per heavy atom. The summed E-state index contributed by atoms with van der Waals surface area (Å²) in [4.78, 5) is 0. The second kappa shape index (κ2) is 5.49. The Morgan fingerprint density at radius 2 is 1.21 bits per heavy atom. The number of benzene rings is 3. The lowest BCUT2D eigenvalue weighted by molar-refractivity contribution is 0.00578. The molecule has 1 saturated heterocycles. The molecule has 5 rings (SSSR count). The molecule has 1 heterocycles. The zero-order valence-corrected chi connectivity index (χ0v) is 17.6. The largest absolute Gasteiger partial charge is 0.494 e. The zero-order valence-electron chi connectivity index (χ0n) is 17.6. The van der Waals surface area contributed by atoms with Crippen molar-refractivity contribution in [2.24, 2.45) is 0 Å². The van der Waals surface area contributed by atoms with Crippen LogP contribution in [-0.2, 0) is 14.7 Å². The van der Waals surface area contributed by atoms with Crippen LogP contribution in [0.3, 0.4) is 0 Å². The quantitative estimate of drug-likeness (QED) is 0.531. The van der Waals surface area contributed by atoms with Crippen molar-refractivity contribution in [1.82, 2.24) is 0 Å². The van der Waals surface area contributed by atoms with Crippen LogP contribution in [0.1, 0.15) is 52.7 Å². The van der Waals surface area contributed by atoms with E-state index in [0.29, 0.717) is 0 Å². The summed E-state index contributed by atoms with van der Waals surface area (Å²) in [6.07, 6.45) is 0. The molecule has 2 aliphatic rings. The highest BCUT2D eigenvalue weighted by Crippen LogP contribution is 2.49. The van der Waals surface area contributed by atoms with Crippen molar-refractivity contribution >= 4 is 23.4 Å². The smallest absolute Gasteiger partial charge is 0.399 e. The molecule has 0 aromatic heterocycles. The van der Waals surface area contributed by atoms with E-state index in [1.54, 1.807) is 0 Å². The van der Waals surface area contributed by atoms with E-state index in [1.165, 1.54) is 33.0 Å². The van der Waals surface area contributed by atoms with Crippen LogP contribution in [0.4, 0.5) is 0 Å². The first kappa shape index (κ1) is 18.0. The lowest BCUT2D eigenvalue weighted by atomic mass is 9.74. The first-order chi connectivity index (χ1) is 13.1. The van der Waals surface area contributed by atoms with Gasteiger partial charge in [-0.05, 0) is 78.3 Å². The molecule has 0 saturated carbocycles. The zero-order chi connectivity index (χ0) is 19.9. The summed E-state index contributed by atoms with van der Waals surface area (Å²) in [6, 6.07) is 20.0. The molecule has 1 fully saturated rings. The lowest BCUT2D eigenvalue weighted by Crippen LogP contribution is -2.41. The number of fused-ring (bicyclic) bond motifs is 4. The molecule has 1 aliphatic carbocycles. The number of hydrogen-bond acceptors (Lipinski definition) is 2. The van der Waals surface area contributed by atoms with Crippen LogP contribution in [0.15, 0.2) is 54.6 Å². The van der Waals surface area contributed by atoms with Crippen LogP contribution >= 0.6 is 0 Å². The molecule has 1 aliphatic heterocycles. The minimum absolute atomic E-state index is 0.0473. The Morgan fingerprint density at radius 3 is 1.86 bits per heavy atom. The van der Waals surface area contributed by atoms with Gasteiger partial charge in [0.15, 0.2) is 0 Å². The second-order valence-corrected chi connectivity index (χ2v) is 9.76. The van der Waals surface area contributed by atoms with Crippen LogP contribution in [0.25, 0.3) is 21.9 Å². The van der Waals surface area contributed by atoms with Gasteiger partial charge in [-0.3, -0.25) is 0 Å². The fourth-order valence-electron chi connectivity index (χ4n) is 4.56. The Bertz CT molecular complexity index is 1090. The minimum Gasteiger partial charge on any atom is -0.399 e. The molecular formula is C25H27BO2. The average molecular weight is 370 g/mol. The van der Waals surface area contributed by atoms with E-state index in [0.717, 1.165) is 5.46 Å². The van der Waals surface area contributed by atoms with Crippen LogP contribution in [0, 0.1) is 0 Å². The van der Waals surface area contributed by atoms with Crippen LogP contribution in [0.5, 0.6) is 0 Å². The average Bonchev–Trinajstić information content (AvgIpc) is 2.99. The molecule has 3 aromatic rings. The normalized spacial score (nSPS) is 21.0. The molecule has 0 atom stereocenters. The van der Waals surface area contributed by atoms with E-state index in [9.17, 15) is 0 Å². The molecule has 142 valence electrons. The van der Waals surface area contributed by atoms with Crippen molar-refractivity contribution < 1.29 is 9.31 Å². The van der Waals surface area contributed by atoms with E-state index in [4.69, 9.17) is 9.31 Å². The molecule has 2 nitrogen and oxygen atoms in total. The summed E-state index contributed by atoms with van der Waals surface area (Å²) < 4.78 is 12.6. The summed E-state index contributed by atoms with van der Waals surface area (Å²) in [5, 5.41) is 2.59. The van der Waals surface area contributed by atoms with Crippen molar-refractivity contribution in [2.45, 2.75) is 58.2 Å². The van der Waals surface area contributed by atoms with Gasteiger partial charge in [0.25, 0.3) is 0 Å². The monoisotopic (exact) mass is 370 g/mol. The highest BCUT2D eigenvalue weighted by Gasteiger charge is 2.52. The molecular weight excluding hydrogens is 343 g/mol.